The number of carbonyl (C=O) groups is 1. The van der Waals surface area contributed by atoms with Crippen molar-refractivity contribution in [3.8, 4) is 5.75 Å². The highest BCUT2D eigenvalue weighted by Gasteiger charge is 2.28. The van der Waals surface area contributed by atoms with Gasteiger partial charge in [-0.05, 0) is 61.3 Å². The van der Waals surface area contributed by atoms with Crippen molar-refractivity contribution >= 4 is 5.91 Å². The van der Waals surface area contributed by atoms with E-state index in [9.17, 15) is 4.79 Å². The molecule has 0 spiro atoms. The van der Waals surface area contributed by atoms with E-state index in [1.807, 2.05) is 24.0 Å². The van der Waals surface area contributed by atoms with E-state index in [4.69, 9.17) is 4.74 Å². The van der Waals surface area contributed by atoms with Crippen LogP contribution in [-0.4, -0.2) is 30.0 Å². The molecular formula is C24H31NO2. The Bertz CT molecular complexity index is 703. The van der Waals surface area contributed by atoms with Crippen LogP contribution in [-0.2, 0) is 17.6 Å². The smallest absolute Gasteiger partial charge is 0.263 e. The zero-order valence-electron chi connectivity index (χ0n) is 16.6. The number of aryl methyl sites for hydroxylation is 1. The first kappa shape index (κ1) is 19.5. The highest BCUT2D eigenvalue weighted by Crippen LogP contribution is 2.23. The van der Waals surface area contributed by atoms with Crippen molar-refractivity contribution in [3.05, 3.63) is 65.7 Å². The summed E-state index contributed by atoms with van der Waals surface area (Å²) in [6, 6.07) is 18.7. The van der Waals surface area contributed by atoms with Crippen molar-refractivity contribution in [1.82, 2.24) is 4.90 Å². The van der Waals surface area contributed by atoms with Crippen LogP contribution < -0.4 is 4.74 Å². The molecule has 1 amide bonds. The minimum absolute atomic E-state index is 0.134. The van der Waals surface area contributed by atoms with Gasteiger partial charge < -0.3 is 9.64 Å². The molecule has 0 aromatic heterocycles. The van der Waals surface area contributed by atoms with Gasteiger partial charge in [0.15, 0.2) is 6.10 Å². The fourth-order valence-corrected chi connectivity index (χ4v) is 3.78. The summed E-state index contributed by atoms with van der Waals surface area (Å²) in [4.78, 5) is 14.9. The van der Waals surface area contributed by atoms with E-state index in [-0.39, 0.29) is 12.0 Å². The van der Waals surface area contributed by atoms with Crippen LogP contribution in [0.4, 0.5) is 0 Å². The molecule has 144 valence electrons. The third-order valence-electron chi connectivity index (χ3n) is 5.55. The number of piperidine rings is 1. The molecular weight excluding hydrogens is 334 g/mol. The van der Waals surface area contributed by atoms with Gasteiger partial charge in [-0.25, -0.2) is 0 Å². The Morgan fingerprint density at radius 3 is 2.26 bits per heavy atom. The SMILES string of the molecule is CCc1ccc(O[C@H](CC)C(=O)N2CCC(Cc3ccccc3)CC2)cc1. The van der Waals surface area contributed by atoms with Crippen molar-refractivity contribution in [3.63, 3.8) is 0 Å². The summed E-state index contributed by atoms with van der Waals surface area (Å²) >= 11 is 0. The quantitative estimate of drug-likeness (QED) is 0.699. The first-order chi connectivity index (χ1) is 13.2. The summed E-state index contributed by atoms with van der Waals surface area (Å²) in [5.74, 6) is 1.58. The van der Waals surface area contributed by atoms with Gasteiger partial charge in [-0.15, -0.1) is 0 Å². The Balaban J connectivity index is 1.52. The zero-order chi connectivity index (χ0) is 19.1. The van der Waals surface area contributed by atoms with Gasteiger partial charge in [-0.2, -0.15) is 0 Å². The molecule has 0 N–H and O–H groups in total. The first-order valence-corrected chi connectivity index (χ1v) is 10.3. The Labute approximate surface area is 163 Å². The predicted molar refractivity (Wildman–Crippen MR) is 110 cm³/mol. The molecule has 0 saturated carbocycles. The number of nitrogens with zero attached hydrogens (tertiary/aromatic N) is 1. The number of benzene rings is 2. The number of hydrogen-bond donors (Lipinski definition) is 0. The number of carbonyl (C=O) groups excluding carboxylic acids is 1. The van der Waals surface area contributed by atoms with Crippen LogP contribution in [0.1, 0.15) is 44.2 Å². The van der Waals surface area contributed by atoms with Crippen molar-refractivity contribution in [2.75, 3.05) is 13.1 Å². The average Bonchev–Trinajstić information content (AvgIpc) is 2.73. The summed E-state index contributed by atoms with van der Waals surface area (Å²) in [6.45, 7) is 5.83. The minimum Gasteiger partial charge on any atom is -0.481 e. The minimum atomic E-state index is -0.386. The molecule has 0 bridgehead atoms. The molecule has 2 aromatic rings. The monoisotopic (exact) mass is 365 g/mol. The molecule has 1 aliphatic heterocycles. The average molecular weight is 366 g/mol. The fourth-order valence-electron chi connectivity index (χ4n) is 3.78. The second kappa shape index (κ2) is 9.59. The van der Waals surface area contributed by atoms with E-state index < -0.39 is 0 Å². The summed E-state index contributed by atoms with van der Waals surface area (Å²) in [5.41, 5.74) is 2.68. The maximum atomic E-state index is 12.9. The Morgan fingerprint density at radius 1 is 1.00 bits per heavy atom. The molecule has 3 rings (SSSR count). The van der Waals surface area contributed by atoms with Gasteiger partial charge in [0, 0.05) is 13.1 Å². The summed E-state index contributed by atoms with van der Waals surface area (Å²) in [5, 5.41) is 0. The molecule has 2 aromatic carbocycles. The van der Waals surface area contributed by atoms with E-state index in [1.54, 1.807) is 0 Å². The molecule has 27 heavy (non-hydrogen) atoms. The van der Waals surface area contributed by atoms with Gasteiger partial charge in [0.05, 0.1) is 0 Å². The van der Waals surface area contributed by atoms with Crippen LogP contribution in [0.3, 0.4) is 0 Å². The standard InChI is InChI=1S/C24H31NO2/c1-3-19-10-12-22(13-11-19)27-23(4-2)24(26)25-16-14-21(15-17-25)18-20-8-6-5-7-9-20/h5-13,21,23H,3-4,14-18H2,1-2H3/t23-/m1/s1. The Kier molecular flexibility index (Phi) is 6.92. The van der Waals surface area contributed by atoms with Crippen LogP contribution in [0.15, 0.2) is 54.6 Å². The van der Waals surface area contributed by atoms with Gasteiger partial charge in [-0.3, -0.25) is 4.79 Å². The van der Waals surface area contributed by atoms with E-state index in [0.717, 1.165) is 44.5 Å². The zero-order valence-corrected chi connectivity index (χ0v) is 16.6. The summed E-state index contributed by atoms with van der Waals surface area (Å²) < 4.78 is 6.01. The van der Waals surface area contributed by atoms with E-state index in [0.29, 0.717) is 12.3 Å². The maximum Gasteiger partial charge on any atom is 0.263 e. The van der Waals surface area contributed by atoms with Crippen LogP contribution in [0, 0.1) is 5.92 Å². The lowest BCUT2D eigenvalue weighted by molar-refractivity contribution is -0.140. The third-order valence-corrected chi connectivity index (χ3v) is 5.55. The number of rotatable bonds is 7. The highest BCUT2D eigenvalue weighted by atomic mass is 16.5. The maximum absolute atomic E-state index is 12.9. The van der Waals surface area contributed by atoms with Crippen LogP contribution in [0.25, 0.3) is 0 Å². The lowest BCUT2D eigenvalue weighted by atomic mass is 9.90. The second-order valence-corrected chi connectivity index (χ2v) is 7.47. The van der Waals surface area contributed by atoms with Gasteiger partial charge in [0.25, 0.3) is 5.91 Å². The molecule has 0 unspecified atom stereocenters. The molecule has 1 heterocycles. The van der Waals surface area contributed by atoms with E-state index >= 15 is 0 Å². The topological polar surface area (TPSA) is 29.5 Å². The molecule has 0 radical (unpaired) electrons. The lowest BCUT2D eigenvalue weighted by Gasteiger charge is -2.34. The number of ether oxygens (including phenoxy) is 1. The second-order valence-electron chi connectivity index (χ2n) is 7.47. The van der Waals surface area contributed by atoms with Gasteiger partial charge in [0.2, 0.25) is 0 Å². The van der Waals surface area contributed by atoms with Gasteiger partial charge in [-0.1, -0.05) is 56.3 Å². The van der Waals surface area contributed by atoms with E-state index in [2.05, 4.69) is 49.4 Å². The number of amides is 1. The molecule has 1 fully saturated rings. The molecule has 0 aliphatic carbocycles. The first-order valence-electron chi connectivity index (χ1n) is 10.3. The Morgan fingerprint density at radius 2 is 1.67 bits per heavy atom. The van der Waals surface area contributed by atoms with Gasteiger partial charge >= 0.3 is 0 Å². The fraction of sp³-hybridized carbons (Fsp3) is 0.458. The normalized spacial score (nSPS) is 16.1. The highest BCUT2D eigenvalue weighted by molar-refractivity contribution is 5.81. The molecule has 3 heteroatoms. The largest absolute Gasteiger partial charge is 0.481 e. The number of likely N-dealkylation sites (tertiary alicyclic amines) is 1. The molecule has 1 aliphatic rings. The summed E-state index contributed by atoms with van der Waals surface area (Å²) in [6.07, 6.45) is 4.57. The van der Waals surface area contributed by atoms with Gasteiger partial charge in [0.1, 0.15) is 5.75 Å². The predicted octanol–water partition coefficient (Wildman–Crippen LogP) is 4.89. The van der Waals surface area contributed by atoms with Crippen LogP contribution in [0.5, 0.6) is 5.75 Å². The number of hydrogen-bond acceptors (Lipinski definition) is 2. The molecule has 1 atom stereocenters. The molecule has 1 saturated heterocycles. The Hall–Kier alpha value is -2.29. The van der Waals surface area contributed by atoms with Crippen LogP contribution in [0.2, 0.25) is 0 Å². The van der Waals surface area contributed by atoms with Crippen molar-refractivity contribution < 1.29 is 9.53 Å². The lowest BCUT2D eigenvalue weighted by Crippen LogP contribution is -2.45. The van der Waals surface area contributed by atoms with E-state index in [1.165, 1.54) is 11.1 Å². The van der Waals surface area contributed by atoms with Crippen molar-refractivity contribution in [2.24, 2.45) is 5.92 Å². The summed E-state index contributed by atoms with van der Waals surface area (Å²) in [7, 11) is 0. The van der Waals surface area contributed by atoms with Crippen molar-refractivity contribution in [2.45, 2.75) is 52.1 Å². The third kappa shape index (κ3) is 5.35. The molecule has 3 nitrogen and oxygen atoms in total. The van der Waals surface area contributed by atoms with Crippen molar-refractivity contribution in [1.29, 1.82) is 0 Å². The van der Waals surface area contributed by atoms with Crippen LogP contribution >= 0.6 is 0 Å².